The topological polar surface area (TPSA) is 102 Å². The number of aryl methyl sites for hydroxylation is 1. The Morgan fingerprint density at radius 3 is 2.21 bits per heavy atom. The van der Waals surface area contributed by atoms with Gasteiger partial charge in [0.2, 0.25) is 5.88 Å². The van der Waals surface area contributed by atoms with Crippen molar-refractivity contribution >= 4 is 17.6 Å². The second-order valence-corrected chi connectivity index (χ2v) is 4.90. The molecule has 0 saturated heterocycles. The van der Waals surface area contributed by atoms with E-state index in [9.17, 15) is 14.9 Å². The van der Waals surface area contributed by atoms with E-state index in [2.05, 4.69) is 5.32 Å². The van der Waals surface area contributed by atoms with Crippen LogP contribution in [0.5, 0.6) is 11.5 Å². The van der Waals surface area contributed by atoms with Crippen LogP contribution in [-0.2, 0) is 0 Å². The molecule has 0 radical (unpaired) electrons. The molecule has 0 fully saturated rings. The van der Waals surface area contributed by atoms with Gasteiger partial charge in [0.05, 0.1) is 19.8 Å². The molecule has 0 aliphatic heterocycles. The third kappa shape index (κ3) is 2.94. The maximum atomic E-state index is 12.6. The zero-order valence-electron chi connectivity index (χ0n) is 13.7. The van der Waals surface area contributed by atoms with Crippen molar-refractivity contribution in [2.45, 2.75) is 13.8 Å². The van der Waals surface area contributed by atoms with E-state index in [1.807, 2.05) is 6.07 Å². The lowest BCUT2D eigenvalue weighted by molar-refractivity contribution is 0.100. The van der Waals surface area contributed by atoms with Crippen LogP contribution in [0.1, 0.15) is 39.0 Å². The van der Waals surface area contributed by atoms with E-state index >= 15 is 0 Å². The summed E-state index contributed by atoms with van der Waals surface area (Å²) in [7, 11) is 2.86. The number of amides is 1. The average Bonchev–Trinajstić information content (AvgIpc) is 2.88. The third-order valence-electron chi connectivity index (χ3n) is 3.43. The number of ketones is 1. The highest BCUT2D eigenvalue weighted by atomic mass is 16.5. The SMILES string of the molecule is COc1cccc(OC)c1C(=O)Nc1oc(C)c(C(C)=O)c1C#N. The van der Waals surface area contributed by atoms with Gasteiger partial charge in [-0.3, -0.25) is 14.9 Å². The molecule has 7 heteroatoms. The van der Waals surface area contributed by atoms with E-state index < -0.39 is 5.91 Å². The first kappa shape index (κ1) is 17.1. The highest BCUT2D eigenvalue weighted by Gasteiger charge is 2.25. The number of carbonyl (C=O) groups excluding carboxylic acids is 2. The van der Waals surface area contributed by atoms with Gasteiger partial charge in [-0.1, -0.05) is 6.07 Å². The van der Waals surface area contributed by atoms with Gasteiger partial charge in [0, 0.05) is 0 Å². The van der Waals surface area contributed by atoms with Gasteiger partial charge in [-0.2, -0.15) is 5.26 Å². The lowest BCUT2D eigenvalue weighted by atomic mass is 10.1. The molecular formula is C17H16N2O5. The fourth-order valence-electron chi connectivity index (χ4n) is 2.40. The van der Waals surface area contributed by atoms with Crippen molar-refractivity contribution in [2.75, 3.05) is 19.5 Å². The Hall–Kier alpha value is -3.27. The molecule has 124 valence electrons. The summed E-state index contributed by atoms with van der Waals surface area (Å²) in [5.74, 6) is -0.104. The molecule has 0 aliphatic carbocycles. The van der Waals surface area contributed by atoms with Gasteiger partial charge in [0.15, 0.2) is 5.78 Å². The Morgan fingerprint density at radius 1 is 1.17 bits per heavy atom. The Labute approximate surface area is 138 Å². The minimum Gasteiger partial charge on any atom is -0.496 e. The second-order valence-electron chi connectivity index (χ2n) is 4.90. The quantitative estimate of drug-likeness (QED) is 0.847. The summed E-state index contributed by atoms with van der Waals surface area (Å²) in [6.45, 7) is 2.88. The van der Waals surface area contributed by atoms with Crippen molar-refractivity contribution in [2.24, 2.45) is 0 Å². The minimum atomic E-state index is -0.579. The van der Waals surface area contributed by atoms with Crippen LogP contribution in [0.3, 0.4) is 0 Å². The average molecular weight is 328 g/mol. The number of nitrogens with one attached hydrogen (secondary N) is 1. The molecule has 0 atom stereocenters. The monoisotopic (exact) mass is 328 g/mol. The number of anilines is 1. The van der Waals surface area contributed by atoms with Crippen molar-refractivity contribution in [3.05, 3.63) is 40.6 Å². The standard InChI is InChI=1S/C17H16N2O5/c1-9(20)14-10(2)24-17(11(14)8-18)19-16(21)15-12(22-3)6-5-7-13(15)23-4/h5-7H,1-4H3,(H,19,21). The number of hydrogen-bond acceptors (Lipinski definition) is 6. The number of Topliss-reactive ketones (excluding diaryl/α,β-unsaturated/α-hetero) is 1. The maximum Gasteiger partial charge on any atom is 0.265 e. The van der Waals surface area contributed by atoms with E-state index in [0.29, 0.717) is 11.5 Å². The zero-order valence-corrected chi connectivity index (χ0v) is 13.7. The third-order valence-corrected chi connectivity index (χ3v) is 3.43. The summed E-state index contributed by atoms with van der Waals surface area (Å²) in [5.41, 5.74) is 0.298. The van der Waals surface area contributed by atoms with E-state index in [-0.39, 0.29) is 34.1 Å². The Balaban J connectivity index is 2.47. The van der Waals surface area contributed by atoms with Gasteiger partial charge in [-0.25, -0.2) is 0 Å². The second kappa shape index (κ2) is 6.87. The number of nitriles is 1. The minimum absolute atomic E-state index is 0.0118. The van der Waals surface area contributed by atoms with Crippen LogP contribution in [0.25, 0.3) is 0 Å². The molecule has 2 rings (SSSR count). The molecule has 24 heavy (non-hydrogen) atoms. The Bertz CT molecular complexity index is 823. The number of methoxy groups -OCH3 is 2. The molecule has 1 aromatic heterocycles. The lowest BCUT2D eigenvalue weighted by Gasteiger charge is -2.12. The Kier molecular flexibility index (Phi) is 4.90. The van der Waals surface area contributed by atoms with Crippen LogP contribution in [0.4, 0.5) is 5.88 Å². The summed E-state index contributed by atoms with van der Waals surface area (Å²) in [5, 5.41) is 11.8. The van der Waals surface area contributed by atoms with Crippen molar-refractivity contribution in [3.63, 3.8) is 0 Å². The Morgan fingerprint density at radius 2 is 1.75 bits per heavy atom. The van der Waals surface area contributed by atoms with Gasteiger partial charge in [-0.15, -0.1) is 0 Å². The van der Waals surface area contributed by atoms with E-state index in [4.69, 9.17) is 13.9 Å². The lowest BCUT2D eigenvalue weighted by Crippen LogP contribution is -2.15. The van der Waals surface area contributed by atoms with Crippen molar-refractivity contribution < 1.29 is 23.5 Å². The van der Waals surface area contributed by atoms with Crippen molar-refractivity contribution in [1.82, 2.24) is 0 Å². The van der Waals surface area contributed by atoms with Crippen LogP contribution >= 0.6 is 0 Å². The number of ether oxygens (including phenoxy) is 2. The summed E-state index contributed by atoms with van der Waals surface area (Å²) in [6, 6.07) is 6.79. The number of benzene rings is 1. The van der Waals surface area contributed by atoms with Gasteiger partial charge in [0.1, 0.15) is 34.5 Å². The van der Waals surface area contributed by atoms with Crippen molar-refractivity contribution in [3.8, 4) is 17.6 Å². The number of carbonyl (C=O) groups is 2. The number of nitrogens with zero attached hydrogens (tertiary/aromatic N) is 1. The smallest absolute Gasteiger partial charge is 0.265 e. The summed E-state index contributed by atoms with van der Waals surface area (Å²) < 4.78 is 15.7. The van der Waals surface area contributed by atoms with E-state index in [1.54, 1.807) is 25.1 Å². The van der Waals surface area contributed by atoms with Crippen LogP contribution in [0.2, 0.25) is 0 Å². The van der Waals surface area contributed by atoms with Crippen LogP contribution < -0.4 is 14.8 Å². The molecule has 1 N–H and O–H groups in total. The first-order valence-electron chi connectivity index (χ1n) is 7.01. The van der Waals surface area contributed by atoms with E-state index in [1.165, 1.54) is 21.1 Å². The normalized spacial score (nSPS) is 9.96. The van der Waals surface area contributed by atoms with E-state index in [0.717, 1.165) is 0 Å². The highest BCUT2D eigenvalue weighted by Crippen LogP contribution is 2.31. The highest BCUT2D eigenvalue weighted by molar-refractivity contribution is 6.09. The predicted octanol–water partition coefficient (Wildman–Crippen LogP) is 2.93. The molecule has 0 aliphatic rings. The largest absolute Gasteiger partial charge is 0.496 e. The molecule has 0 bridgehead atoms. The molecular weight excluding hydrogens is 312 g/mol. The predicted molar refractivity (Wildman–Crippen MR) is 85.7 cm³/mol. The fraction of sp³-hybridized carbons (Fsp3) is 0.235. The molecule has 1 aromatic carbocycles. The summed E-state index contributed by atoms with van der Waals surface area (Å²) in [4.78, 5) is 24.3. The zero-order chi connectivity index (χ0) is 17.9. The summed E-state index contributed by atoms with van der Waals surface area (Å²) in [6.07, 6.45) is 0. The number of hydrogen-bond donors (Lipinski definition) is 1. The first-order chi connectivity index (χ1) is 11.4. The van der Waals surface area contributed by atoms with Gasteiger partial charge in [-0.05, 0) is 26.0 Å². The van der Waals surface area contributed by atoms with Gasteiger partial charge >= 0.3 is 0 Å². The number of furan rings is 1. The van der Waals surface area contributed by atoms with Crippen LogP contribution in [-0.4, -0.2) is 25.9 Å². The maximum absolute atomic E-state index is 12.6. The van der Waals surface area contributed by atoms with Gasteiger partial charge in [0.25, 0.3) is 5.91 Å². The molecule has 7 nitrogen and oxygen atoms in total. The summed E-state index contributed by atoms with van der Waals surface area (Å²) >= 11 is 0. The molecule has 2 aromatic rings. The fourth-order valence-corrected chi connectivity index (χ4v) is 2.40. The van der Waals surface area contributed by atoms with Crippen molar-refractivity contribution in [1.29, 1.82) is 5.26 Å². The number of rotatable bonds is 5. The first-order valence-corrected chi connectivity index (χ1v) is 7.01. The molecule has 0 saturated carbocycles. The van der Waals surface area contributed by atoms with Gasteiger partial charge < -0.3 is 13.9 Å². The molecule has 1 heterocycles. The molecule has 1 amide bonds. The van der Waals surface area contributed by atoms with Crippen LogP contribution in [0.15, 0.2) is 22.6 Å². The molecule has 0 unspecified atom stereocenters. The van der Waals surface area contributed by atoms with Crippen LogP contribution in [0, 0.1) is 18.3 Å². The molecule has 0 spiro atoms.